The molecule has 1 aromatic heterocycles. The first-order chi connectivity index (χ1) is 15.1. The number of hydrogen-bond acceptors (Lipinski definition) is 4. The molecule has 5 rings (SSSR count). The zero-order valence-electron chi connectivity index (χ0n) is 18.0. The third-order valence-corrected chi connectivity index (χ3v) is 6.44. The van der Waals surface area contributed by atoms with Gasteiger partial charge in [0.25, 0.3) is 0 Å². The Labute approximate surface area is 183 Å². The number of rotatable bonds is 3. The van der Waals surface area contributed by atoms with Crippen molar-refractivity contribution >= 4 is 16.9 Å². The molecule has 2 heterocycles. The summed E-state index contributed by atoms with van der Waals surface area (Å²) < 4.78 is 0. The van der Waals surface area contributed by atoms with Crippen LogP contribution in [0.5, 0.6) is 5.75 Å². The molecule has 0 unspecified atom stereocenters. The second-order valence-corrected chi connectivity index (χ2v) is 8.56. The van der Waals surface area contributed by atoms with Crippen LogP contribution >= 0.6 is 0 Å². The predicted molar refractivity (Wildman–Crippen MR) is 127 cm³/mol. The van der Waals surface area contributed by atoms with Gasteiger partial charge in [0, 0.05) is 13.1 Å². The van der Waals surface area contributed by atoms with Crippen LogP contribution in [0, 0.1) is 13.8 Å². The maximum atomic E-state index is 10.1. The summed E-state index contributed by atoms with van der Waals surface area (Å²) in [7, 11) is 0. The Morgan fingerprint density at radius 2 is 1.55 bits per heavy atom. The Kier molecular flexibility index (Phi) is 5.06. The third-order valence-electron chi connectivity index (χ3n) is 6.44. The first kappa shape index (κ1) is 19.6. The molecule has 4 nitrogen and oxygen atoms in total. The Bertz CT molecular complexity index is 1200. The number of aryl methyl sites for hydroxylation is 2. The van der Waals surface area contributed by atoms with Gasteiger partial charge in [0.1, 0.15) is 11.6 Å². The molecule has 156 valence electrons. The molecule has 0 aliphatic carbocycles. The minimum absolute atomic E-state index is 0.366. The topological polar surface area (TPSA) is 49.2 Å². The number of hydrogen-bond donors (Lipinski definition) is 1. The van der Waals surface area contributed by atoms with Crippen molar-refractivity contribution in [3.05, 3.63) is 83.6 Å². The summed E-state index contributed by atoms with van der Waals surface area (Å²) in [5.41, 5.74) is 7.20. The highest BCUT2D eigenvalue weighted by Gasteiger charge is 2.21. The Morgan fingerprint density at radius 3 is 2.26 bits per heavy atom. The standard InChI is InChI=1S/C27H27N3O/c1-18-14-23(15-19(2)27(18)31)22-8-9-24-25(16-22)29-26(17-28-24)30-12-10-21(11-13-30)20-6-4-3-5-7-20/h3-9,14-17,21,31H,10-13H2,1-2H3. The van der Waals surface area contributed by atoms with Crippen molar-refractivity contribution in [2.75, 3.05) is 18.0 Å². The van der Waals surface area contributed by atoms with E-state index in [4.69, 9.17) is 4.98 Å². The summed E-state index contributed by atoms with van der Waals surface area (Å²) >= 11 is 0. The molecule has 1 aliphatic heterocycles. The van der Waals surface area contributed by atoms with Crippen LogP contribution in [0.1, 0.15) is 35.4 Å². The van der Waals surface area contributed by atoms with Crippen LogP contribution in [0.25, 0.3) is 22.2 Å². The fraction of sp³-hybridized carbons (Fsp3) is 0.259. The zero-order valence-corrected chi connectivity index (χ0v) is 18.0. The van der Waals surface area contributed by atoms with E-state index >= 15 is 0 Å². The smallest absolute Gasteiger partial charge is 0.147 e. The second-order valence-electron chi connectivity index (χ2n) is 8.56. The van der Waals surface area contributed by atoms with Gasteiger partial charge in [-0.25, -0.2) is 4.98 Å². The van der Waals surface area contributed by atoms with Crippen molar-refractivity contribution in [2.45, 2.75) is 32.6 Å². The number of aromatic nitrogens is 2. The first-order valence-corrected chi connectivity index (χ1v) is 11.0. The largest absolute Gasteiger partial charge is 0.507 e. The fourth-order valence-electron chi connectivity index (χ4n) is 4.62. The first-order valence-electron chi connectivity index (χ1n) is 11.0. The van der Waals surface area contributed by atoms with Gasteiger partial charge in [0.05, 0.1) is 17.2 Å². The monoisotopic (exact) mass is 409 g/mol. The zero-order chi connectivity index (χ0) is 21.4. The lowest BCUT2D eigenvalue weighted by Crippen LogP contribution is -2.33. The molecule has 0 atom stereocenters. The van der Waals surface area contributed by atoms with E-state index in [2.05, 4.69) is 52.3 Å². The highest BCUT2D eigenvalue weighted by Crippen LogP contribution is 2.32. The van der Waals surface area contributed by atoms with E-state index in [-0.39, 0.29) is 0 Å². The Balaban J connectivity index is 1.40. The molecule has 31 heavy (non-hydrogen) atoms. The molecule has 0 saturated carbocycles. The molecule has 1 aliphatic rings. The summed E-state index contributed by atoms with van der Waals surface area (Å²) in [5.74, 6) is 1.94. The number of piperidine rings is 1. The second kappa shape index (κ2) is 8.03. The van der Waals surface area contributed by atoms with Crippen molar-refractivity contribution in [3.63, 3.8) is 0 Å². The van der Waals surface area contributed by atoms with Crippen molar-refractivity contribution < 1.29 is 5.11 Å². The number of benzene rings is 3. The van der Waals surface area contributed by atoms with Crippen LogP contribution in [0.2, 0.25) is 0 Å². The molecule has 4 aromatic rings. The normalized spacial score (nSPS) is 14.8. The quantitative estimate of drug-likeness (QED) is 0.451. The molecular formula is C27H27N3O. The van der Waals surface area contributed by atoms with Crippen molar-refractivity contribution in [3.8, 4) is 16.9 Å². The molecule has 4 heteroatoms. The number of fused-ring (bicyclic) bond motifs is 1. The Hall–Kier alpha value is -3.40. The van der Waals surface area contributed by atoms with Crippen molar-refractivity contribution in [1.82, 2.24) is 9.97 Å². The molecule has 0 bridgehead atoms. The molecule has 0 amide bonds. The number of nitrogens with zero attached hydrogens (tertiary/aromatic N) is 3. The number of anilines is 1. The lowest BCUT2D eigenvalue weighted by atomic mass is 9.89. The molecule has 0 radical (unpaired) electrons. The molecular weight excluding hydrogens is 382 g/mol. The van der Waals surface area contributed by atoms with Crippen molar-refractivity contribution in [1.29, 1.82) is 0 Å². The number of aromatic hydroxyl groups is 1. The predicted octanol–water partition coefficient (Wildman–Crippen LogP) is 6.00. The van der Waals surface area contributed by atoms with Gasteiger partial charge in [-0.05, 0) is 84.7 Å². The van der Waals surface area contributed by atoms with E-state index in [1.807, 2.05) is 38.2 Å². The molecule has 1 saturated heterocycles. The van der Waals surface area contributed by atoms with Gasteiger partial charge < -0.3 is 10.0 Å². The maximum absolute atomic E-state index is 10.1. The Morgan fingerprint density at radius 1 is 0.839 bits per heavy atom. The number of phenolic OH excluding ortho intramolecular Hbond substituents is 1. The van der Waals surface area contributed by atoms with Gasteiger partial charge in [-0.1, -0.05) is 36.4 Å². The average molecular weight is 410 g/mol. The minimum atomic E-state index is 0.366. The highest BCUT2D eigenvalue weighted by molar-refractivity contribution is 5.82. The molecule has 1 fully saturated rings. The van der Waals surface area contributed by atoms with E-state index in [1.165, 1.54) is 5.56 Å². The van der Waals surface area contributed by atoms with Crippen LogP contribution in [-0.4, -0.2) is 28.2 Å². The van der Waals surface area contributed by atoms with E-state index in [1.54, 1.807) is 0 Å². The lowest BCUT2D eigenvalue weighted by Gasteiger charge is -2.33. The lowest BCUT2D eigenvalue weighted by molar-refractivity contribution is 0.467. The van der Waals surface area contributed by atoms with Crippen LogP contribution in [0.3, 0.4) is 0 Å². The van der Waals surface area contributed by atoms with Gasteiger partial charge >= 0.3 is 0 Å². The molecule has 1 N–H and O–H groups in total. The fourth-order valence-corrected chi connectivity index (χ4v) is 4.62. The summed E-state index contributed by atoms with van der Waals surface area (Å²) in [6, 6.07) is 21.1. The van der Waals surface area contributed by atoms with Crippen LogP contribution in [-0.2, 0) is 0 Å². The number of phenols is 1. The van der Waals surface area contributed by atoms with Gasteiger partial charge in [-0.3, -0.25) is 4.98 Å². The molecule has 0 spiro atoms. The van der Waals surface area contributed by atoms with Gasteiger partial charge in [0.15, 0.2) is 0 Å². The van der Waals surface area contributed by atoms with Gasteiger partial charge in [0.2, 0.25) is 0 Å². The average Bonchev–Trinajstić information content (AvgIpc) is 2.82. The van der Waals surface area contributed by atoms with Crippen LogP contribution in [0.15, 0.2) is 66.9 Å². The highest BCUT2D eigenvalue weighted by atomic mass is 16.3. The van der Waals surface area contributed by atoms with Crippen molar-refractivity contribution in [2.24, 2.45) is 0 Å². The van der Waals surface area contributed by atoms with Gasteiger partial charge in [-0.15, -0.1) is 0 Å². The van der Waals surface area contributed by atoms with Crippen LogP contribution in [0.4, 0.5) is 5.82 Å². The SMILES string of the molecule is Cc1cc(-c2ccc3ncc(N4CCC(c5ccccc5)CC4)nc3c2)cc(C)c1O. The van der Waals surface area contributed by atoms with E-state index in [9.17, 15) is 5.11 Å². The van der Waals surface area contributed by atoms with Gasteiger partial charge in [-0.2, -0.15) is 0 Å². The summed E-state index contributed by atoms with van der Waals surface area (Å²) in [5, 5.41) is 10.1. The summed E-state index contributed by atoms with van der Waals surface area (Å²) in [6.45, 7) is 5.86. The van der Waals surface area contributed by atoms with Crippen LogP contribution < -0.4 is 4.90 Å². The summed E-state index contributed by atoms with van der Waals surface area (Å²) in [6.07, 6.45) is 4.17. The van der Waals surface area contributed by atoms with E-state index in [0.717, 1.165) is 65.0 Å². The molecule has 3 aromatic carbocycles. The van der Waals surface area contributed by atoms with E-state index in [0.29, 0.717) is 11.7 Å². The third kappa shape index (κ3) is 3.86. The van der Waals surface area contributed by atoms with E-state index < -0.39 is 0 Å². The summed E-state index contributed by atoms with van der Waals surface area (Å²) in [4.78, 5) is 12.0. The minimum Gasteiger partial charge on any atom is -0.507 e. The maximum Gasteiger partial charge on any atom is 0.147 e.